The minimum Gasteiger partial charge on any atom is -0.311 e. The highest BCUT2D eigenvalue weighted by Crippen LogP contribution is 2.14. The van der Waals surface area contributed by atoms with Gasteiger partial charge in [-0.15, -0.1) is 0 Å². The summed E-state index contributed by atoms with van der Waals surface area (Å²) in [6.45, 7) is 9.09. The van der Waals surface area contributed by atoms with Crippen LogP contribution in [0.5, 0.6) is 0 Å². The Morgan fingerprint density at radius 1 is 1.25 bits per heavy atom. The molecule has 1 atom stereocenters. The van der Waals surface area contributed by atoms with Gasteiger partial charge in [0.25, 0.3) is 0 Å². The summed E-state index contributed by atoms with van der Waals surface area (Å²) in [4.78, 5) is 2.54. The van der Waals surface area contributed by atoms with Crippen molar-refractivity contribution >= 4 is 0 Å². The number of hydrogen-bond acceptors (Lipinski definition) is 2. The van der Waals surface area contributed by atoms with Crippen LogP contribution in [0.3, 0.4) is 0 Å². The molecule has 1 aliphatic rings. The van der Waals surface area contributed by atoms with E-state index in [4.69, 9.17) is 0 Å². The third-order valence-corrected chi connectivity index (χ3v) is 4.21. The standard InChI is InChI=1S/C17H27FN2/c1-13(2)20-9-7-17(8-10-20)19-14(3)11-15-5-4-6-16(18)12-15/h4-6,12-14,17,19H,7-11H2,1-3H3. The molecule has 1 N–H and O–H groups in total. The Bertz CT molecular complexity index is 411. The molecule has 0 aliphatic carbocycles. The fourth-order valence-corrected chi connectivity index (χ4v) is 3.06. The molecule has 0 radical (unpaired) electrons. The molecule has 1 aromatic rings. The van der Waals surface area contributed by atoms with Gasteiger partial charge < -0.3 is 10.2 Å². The minimum atomic E-state index is -0.139. The average Bonchev–Trinajstić information content (AvgIpc) is 2.39. The minimum absolute atomic E-state index is 0.139. The van der Waals surface area contributed by atoms with Gasteiger partial charge in [0.1, 0.15) is 5.82 Å². The van der Waals surface area contributed by atoms with E-state index in [1.165, 1.54) is 32.0 Å². The summed E-state index contributed by atoms with van der Waals surface area (Å²) in [7, 11) is 0. The highest BCUT2D eigenvalue weighted by molar-refractivity contribution is 5.17. The number of nitrogens with zero attached hydrogens (tertiary/aromatic N) is 1. The summed E-state index contributed by atoms with van der Waals surface area (Å²) >= 11 is 0. The molecule has 1 aromatic carbocycles. The van der Waals surface area contributed by atoms with Crippen LogP contribution in [-0.2, 0) is 6.42 Å². The fourth-order valence-electron chi connectivity index (χ4n) is 3.06. The van der Waals surface area contributed by atoms with Crippen molar-refractivity contribution in [2.45, 2.75) is 58.2 Å². The van der Waals surface area contributed by atoms with Crippen molar-refractivity contribution in [1.29, 1.82) is 0 Å². The molecule has 1 heterocycles. The lowest BCUT2D eigenvalue weighted by Gasteiger charge is -2.36. The summed E-state index contributed by atoms with van der Waals surface area (Å²) in [6.07, 6.45) is 3.32. The molecule has 2 rings (SSSR count). The molecule has 20 heavy (non-hydrogen) atoms. The van der Waals surface area contributed by atoms with Gasteiger partial charge in [-0.3, -0.25) is 0 Å². The molecular weight excluding hydrogens is 251 g/mol. The van der Waals surface area contributed by atoms with Gasteiger partial charge in [0.2, 0.25) is 0 Å². The number of piperidine rings is 1. The Kier molecular flexibility index (Phi) is 5.55. The first kappa shape index (κ1) is 15.5. The number of rotatable bonds is 5. The fraction of sp³-hybridized carbons (Fsp3) is 0.647. The highest BCUT2D eigenvalue weighted by Gasteiger charge is 2.21. The molecule has 2 nitrogen and oxygen atoms in total. The molecule has 0 aromatic heterocycles. The van der Waals surface area contributed by atoms with Gasteiger partial charge in [-0.05, 0) is 70.8 Å². The summed E-state index contributed by atoms with van der Waals surface area (Å²) < 4.78 is 13.2. The smallest absolute Gasteiger partial charge is 0.123 e. The van der Waals surface area contributed by atoms with Gasteiger partial charge in [-0.1, -0.05) is 12.1 Å². The lowest BCUT2D eigenvalue weighted by Crippen LogP contribution is -2.47. The monoisotopic (exact) mass is 278 g/mol. The Labute approximate surface area is 122 Å². The first-order valence-electron chi connectivity index (χ1n) is 7.79. The van der Waals surface area contributed by atoms with Crippen LogP contribution in [0.1, 0.15) is 39.2 Å². The maximum atomic E-state index is 13.2. The van der Waals surface area contributed by atoms with E-state index in [1.807, 2.05) is 6.07 Å². The normalized spacial score (nSPS) is 19.4. The molecule has 0 spiro atoms. The van der Waals surface area contributed by atoms with Gasteiger partial charge in [0.15, 0.2) is 0 Å². The highest BCUT2D eigenvalue weighted by atomic mass is 19.1. The Morgan fingerprint density at radius 2 is 1.95 bits per heavy atom. The zero-order valence-corrected chi connectivity index (χ0v) is 12.9. The molecular formula is C17H27FN2. The van der Waals surface area contributed by atoms with Crippen LogP contribution in [0.2, 0.25) is 0 Å². The van der Waals surface area contributed by atoms with Gasteiger partial charge in [0, 0.05) is 18.1 Å². The van der Waals surface area contributed by atoms with Gasteiger partial charge in [-0.2, -0.15) is 0 Å². The number of nitrogens with one attached hydrogen (secondary N) is 1. The Morgan fingerprint density at radius 3 is 2.55 bits per heavy atom. The van der Waals surface area contributed by atoms with Crippen LogP contribution in [0.15, 0.2) is 24.3 Å². The Hall–Kier alpha value is -0.930. The number of hydrogen-bond donors (Lipinski definition) is 1. The number of likely N-dealkylation sites (tertiary alicyclic amines) is 1. The third-order valence-electron chi connectivity index (χ3n) is 4.21. The lowest BCUT2D eigenvalue weighted by molar-refractivity contribution is 0.157. The van der Waals surface area contributed by atoms with Crippen LogP contribution in [0, 0.1) is 5.82 Å². The zero-order chi connectivity index (χ0) is 14.5. The van der Waals surface area contributed by atoms with Crippen molar-refractivity contribution in [3.63, 3.8) is 0 Å². The molecule has 3 heteroatoms. The van der Waals surface area contributed by atoms with Crippen LogP contribution < -0.4 is 5.32 Å². The van der Waals surface area contributed by atoms with Gasteiger partial charge >= 0.3 is 0 Å². The van der Waals surface area contributed by atoms with E-state index >= 15 is 0 Å². The average molecular weight is 278 g/mol. The van der Waals surface area contributed by atoms with E-state index in [-0.39, 0.29) is 5.82 Å². The molecule has 1 aliphatic heterocycles. The van der Waals surface area contributed by atoms with Crippen molar-refractivity contribution in [3.05, 3.63) is 35.6 Å². The largest absolute Gasteiger partial charge is 0.311 e. The van der Waals surface area contributed by atoms with E-state index in [1.54, 1.807) is 12.1 Å². The molecule has 0 saturated carbocycles. The third kappa shape index (κ3) is 4.57. The predicted octanol–water partition coefficient (Wildman–Crippen LogP) is 3.22. The molecule has 0 amide bonds. The zero-order valence-electron chi connectivity index (χ0n) is 12.9. The van der Waals surface area contributed by atoms with E-state index in [2.05, 4.69) is 31.0 Å². The lowest BCUT2D eigenvalue weighted by atomic mass is 10.0. The maximum Gasteiger partial charge on any atom is 0.123 e. The van der Waals surface area contributed by atoms with Crippen molar-refractivity contribution in [2.24, 2.45) is 0 Å². The summed E-state index contributed by atoms with van der Waals surface area (Å²) in [5.41, 5.74) is 1.07. The number of benzene rings is 1. The van der Waals surface area contributed by atoms with Crippen LogP contribution in [-0.4, -0.2) is 36.1 Å². The van der Waals surface area contributed by atoms with Crippen molar-refractivity contribution in [1.82, 2.24) is 10.2 Å². The second-order valence-corrected chi connectivity index (χ2v) is 6.31. The van der Waals surface area contributed by atoms with Crippen molar-refractivity contribution in [2.75, 3.05) is 13.1 Å². The second kappa shape index (κ2) is 7.19. The number of halogens is 1. The topological polar surface area (TPSA) is 15.3 Å². The summed E-state index contributed by atoms with van der Waals surface area (Å²) in [6, 6.07) is 8.59. The van der Waals surface area contributed by atoms with E-state index in [9.17, 15) is 4.39 Å². The SMILES string of the molecule is CC(Cc1cccc(F)c1)NC1CCN(C(C)C)CC1. The van der Waals surface area contributed by atoms with Gasteiger partial charge in [-0.25, -0.2) is 4.39 Å². The maximum absolute atomic E-state index is 13.2. The van der Waals surface area contributed by atoms with E-state index in [0.29, 0.717) is 18.1 Å². The first-order chi connectivity index (χ1) is 9.54. The quantitative estimate of drug-likeness (QED) is 0.889. The van der Waals surface area contributed by atoms with Crippen LogP contribution in [0.25, 0.3) is 0 Å². The Balaban J connectivity index is 1.77. The van der Waals surface area contributed by atoms with Crippen molar-refractivity contribution < 1.29 is 4.39 Å². The molecule has 0 bridgehead atoms. The summed E-state index contributed by atoms with van der Waals surface area (Å²) in [5.74, 6) is -0.139. The van der Waals surface area contributed by atoms with Crippen molar-refractivity contribution in [3.8, 4) is 0 Å². The van der Waals surface area contributed by atoms with E-state index in [0.717, 1.165) is 12.0 Å². The van der Waals surface area contributed by atoms with Crippen LogP contribution >= 0.6 is 0 Å². The molecule has 1 fully saturated rings. The first-order valence-corrected chi connectivity index (χ1v) is 7.79. The summed E-state index contributed by atoms with van der Waals surface area (Å²) in [5, 5.41) is 3.70. The van der Waals surface area contributed by atoms with Crippen LogP contribution in [0.4, 0.5) is 4.39 Å². The van der Waals surface area contributed by atoms with Gasteiger partial charge in [0.05, 0.1) is 0 Å². The predicted molar refractivity (Wildman–Crippen MR) is 82.4 cm³/mol. The molecule has 112 valence electrons. The molecule has 1 unspecified atom stereocenters. The van der Waals surface area contributed by atoms with E-state index < -0.39 is 0 Å². The second-order valence-electron chi connectivity index (χ2n) is 6.31. The molecule has 1 saturated heterocycles.